The second kappa shape index (κ2) is 10.4. The van der Waals surface area contributed by atoms with Crippen molar-refractivity contribution in [3.05, 3.63) is 51.7 Å². The lowest BCUT2D eigenvalue weighted by atomic mass is 10.2. The van der Waals surface area contributed by atoms with Crippen molar-refractivity contribution in [2.24, 2.45) is 0 Å². The predicted molar refractivity (Wildman–Crippen MR) is 121 cm³/mol. The standard InChI is InChI=1S/C21H28N4O4S2/c1-16-5-6-17(2)19(14-16)31(28,29)25-11-9-24(10-12-25)15-20(26)23-21(27)22-8-7-18-4-3-13-30-18/h3-6,13-14H,7-12,15H2,1-2H3,(H2,22,23,26,27). The number of carbonyl (C=O) groups is 2. The minimum absolute atomic E-state index is 0.0513. The molecule has 0 spiro atoms. The molecule has 0 saturated carbocycles. The Bertz CT molecular complexity index is 1010. The van der Waals surface area contributed by atoms with Crippen molar-refractivity contribution >= 4 is 33.3 Å². The molecular weight excluding hydrogens is 436 g/mol. The Balaban J connectivity index is 1.43. The molecule has 3 amide bonds. The molecule has 8 nitrogen and oxygen atoms in total. The van der Waals surface area contributed by atoms with E-state index in [1.54, 1.807) is 24.3 Å². The largest absolute Gasteiger partial charge is 0.337 e. The molecule has 0 unspecified atom stereocenters. The van der Waals surface area contributed by atoms with E-state index in [4.69, 9.17) is 0 Å². The Morgan fingerprint density at radius 2 is 1.84 bits per heavy atom. The highest BCUT2D eigenvalue weighted by Gasteiger charge is 2.30. The number of amides is 3. The smallest absolute Gasteiger partial charge is 0.321 e. The Morgan fingerprint density at radius 3 is 2.52 bits per heavy atom. The van der Waals surface area contributed by atoms with Gasteiger partial charge in [-0.2, -0.15) is 4.31 Å². The molecule has 10 heteroatoms. The second-order valence-corrected chi connectivity index (χ2v) is 10.5. The lowest BCUT2D eigenvalue weighted by Crippen LogP contribution is -2.52. The molecule has 1 aliphatic rings. The first-order valence-electron chi connectivity index (χ1n) is 10.2. The lowest BCUT2D eigenvalue weighted by molar-refractivity contribution is -0.121. The third kappa shape index (κ3) is 6.36. The molecule has 2 N–H and O–H groups in total. The summed E-state index contributed by atoms with van der Waals surface area (Å²) in [6.07, 6.45) is 0.718. The third-order valence-corrected chi connectivity index (χ3v) is 8.13. The zero-order chi connectivity index (χ0) is 22.4. The number of urea groups is 1. The van der Waals surface area contributed by atoms with Crippen molar-refractivity contribution < 1.29 is 18.0 Å². The van der Waals surface area contributed by atoms with Crippen LogP contribution in [0.15, 0.2) is 40.6 Å². The van der Waals surface area contributed by atoms with Crippen LogP contribution in [0.3, 0.4) is 0 Å². The fourth-order valence-electron chi connectivity index (χ4n) is 3.42. The van der Waals surface area contributed by atoms with E-state index >= 15 is 0 Å². The summed E-state index contributed by atoms with van der Waals surface area (Å²) in [6, 6.07) is 8.84. The van der Waals surface area contributed by atoms with Gasteiger partial charge in [0, 0.05) is 37.6 Å². The maximum Gasteiger partial charge on any atom is 0.321 e. The van der Waals surface area contributed by atoms with Gasteiger partial charge >= 0.3 is 6.03 Å². The molecule has 0 radical (unpaired) electrons. The van der Waals surface area contributed by atoms with Crippen LogP contribution in [0.4, 0.5) is 4.79 Å². The van der Waals surface area contributed by atoms with Crippen LogP contribution >= 0.6 is 11.3 Å². The highest BCUT2D eigenvalue weighted by molar-refractivity contribution is 7.89. The summed E-state index contributed by atoms with van der Waals surface area (Å²) in [7, 11) is -3.57. The summed E-state index contributed by atoms with van der Waals surface area (Å²) >= 11 is 1.62. The van der Waals surface area contributed by atoms with Gasteiger partial charge in [-0.25, -0.2) is 13.2 Å². The van der Waals surface area contributed by atoms with Gasteiger partial charge in [-0.15, -0.1) is 11.3 Å². The third-order valence-electron chi connectivity index (χ3n) is 5.15. The van der Waals surface area contributed by atoms with Crippen LogP contribution < -0.4 is 10.6 Å². The van der Waals surface area contributed by atoms with Crippen molar-refractivity contribution in [3.8, 4) is 0 Å². The molecule has 2 heterocycles. The zero-order valence-electron chi connectivity index (χ0n) is 17.8. The number of benzene rings is 1. The van der Waals surface area contributed by atoms with Crippen molar-refractivity contribution in [1.82, 2.24) is 19.8 Å². The molecule has 0 bridgehead atoms. The number of sulfonamides is 1. The average Bonchev–Trinajstić information content (AvgIpc) is 3.23. The number of aryl methyl sites for hydroxylation is 2. The van der Waals surface area contributed by atoms with Gasteiger partial charge in [0.05, 0.1) is 11.4 Å². The Morgan fingerprint density at radius 1 is 1.10 bits per heavy atom. The summed E-state index contributed by atoms with van der Waals surface area (Å²) in [5, 5.41) is 6.98. The van der Waals surface area contributed by atoms with Gasteiger partial charge in [0.1, 0.15) is 0 Å². The number of nitrogens with one attached hydrogen (secondary N) is 2. The van der Waals surface area contributed by atoms with Crippen LogP contribution in [-0.2, 0) is 21.2 Å². The zero-order valence-corrected chi connectivity index (χ0v) is 19.4. The summed E-state index contributed by atoms with van der Waals surface area (Å²) < 4.78 is 27.5. The summed E-state index contributed by atoms with van der Waals surface area (Å²) in [6.45, 7) is 5.62. The number of hydrogen-bond donors (Lipinski definition) is 2. The van der Waals surface area contributed by atoms with Crippen LogP contribution in [-0.4, -0.2) is 68.8 Å². The molecule has 1 saturated heterocycles. The first kappa shape index (κ1) is 23.4. The van der Waals surface area contributed by atoms with Gasteiger partial charge in [-0.05, 0) is 48.9 Å². The first-order valence-corrected chi connectivity index (χ1v) is 12.5. The van der Waals surface area contributed by atoms with Crippen molar-refractivity contribution in [2.45, 2.75) is 25.2 Å². The average molecular weight is 465 g/mol. The molecule has 0 atom stereocenters. The molecule has 3 rings (SSSR count). The van der Waals surface area contributed by atoms with Gasteiger partial charge in [-0.1, -0.05) is 18.2 Å². The van der Waals surface area contributed by atoms with E-state index in [0.29, 0.717) is 37.6 Å². The van der Waals surface area contributed by atoms with Gasteiger partial charge in [0.15, 0.2) is 0 Å². The minimum atomic E-state index is -3.57. The number of piperazine rings is 1. The van der Waals surface area contributed by atoms with Crippen molar-refractivity contribution in [3.63, 3.8) is 0 Å². The van der Waals surface area contributed by atoms with Crippen LogP contribution in [0.25, 0.3) is 0 Å². The van der Waals surface area contributed by atoms with Crippen LogP contribution in [0.5, 0.6) is 0 Å². The highest BCUT2D eigenvalue weighted by Crippen LogP contribution is 2.22. The van der Waals surface area contributed by atoms with E-state index < -0.39 is 22.0 Å². The number of carbonyl (C=O) groups excluding carboxylic acids is 2. The summed E-state index contributed by atoms with van der Waals surface area (Å²) in [4.78, 5) is 27.4. The summed E-state index contributed by atoms with van der Waals surface area (Å²) in [5.41, 5.74) is 1.62. The van der Waals surface area contributed by atoms with E-state index in [0.717, 1.165) is 17.5 Å². The SMILES string of the molecule is Cc1ccc(C)c(S(=O)(=O)N2CCN(CC(=O)NC(=O)NCCc3cccs3)CC2)c1. The molecule has 168 valence electrons. The van der Waals surface area contributed by atoms with E-state index in [9.17, 15) is 18.0 Å². The molecule has 1 fully saturated rings. The van der Waals surface area contributed by atoms with Gasteiger partial charge in [0.25, 0.3) is 0 Å². The first-order chi connectivity index (χ1) is 14.8. The monoisotopic (exact) mass is 464 g/mol. The normalized spacial score (nSPS) is 15.5. The van der Waals surface area contributed by atoms with Gasteiger partial charge < -0.3 is 5.32 Å². The Kier molecular flexibility index (Phi) is 7.82. The van der Waals surface area contributed by atoms with E-state index in [1.165, 1.54) is 9.18 Å². The topological polar surface area (TPSA) is 98.8 Å². The molecule has 1 aromatic carbocycles. The Labute approximate surface area is 187 Å². The summed E-state index contributed by atoms with van der Waals surface area (Å²) in [5.74, 6) is -0.403. The number of rotatable bonds is 7. The van der Waals surface area contributed by atoms with E-state index in [1.807, 2.05) is 41.5 Å². The molecule has 2 aromatic rings. The number of hydrogen-bond acceptors (Lipinski definition) is 6. The molecule has 1 aliphatic heterocycles. The predicted octanol–water partition coefficient (Wildman–Crippen LogP) is 1.74. The Hall–Kier alpha value is -2.27. The molecule has 0 aliphatic carbocycles. The van der Waals surface area contributed by atoms with Gasteiger partial charge in [0.2, 0.25) is 15.9 Å². The second-order valence-electron chi connectivity index (χ2n) is 7.58. The maximum atomic E-state index is 13.0. The van der Waals surface area contributed by atoms with Crippen LogP contribution in [0.2, 0.25) is 0 Å². The number of imide groups is 1. The number of thiophene rings is 1. The minimum Gasteiger partial charge on any atom is -0.337 e. The molecule has 31 heavy (non-hydrogen) atoms. The van der Waals surface area contributed by atoms with E-state index in [-0.39, 0.29) is 6.54 Å². The lowest BCUT2D eigenvalue weighted by Gasteiger charge is -2.33. The molecule has 1 aromatic heterocycles. The van der Waals surface area contributed by atoms with Crippen LogP contribution in [0, 0.1) is 13.8 Å². The van der Waals surface area contributed by atoms with Gasteiger partial charge in [-0.3, -0.25) is 15.0 Å². The molecular formula is C21H28N4O4S2. The van der Waals surface area contributed by atoms with Crippen LogP contribution in [0.1, 0.15) is 16.0 Å². The van der Waals surface area contributed by atoms with Crippen molar-refractivity contribution in [1.29, 1.82) is 0 Å². The fourth-order valence-corrected chi connectivity index (χ4v) is 5.86. The quantitative estimate of drug-likeness (QED) is 0.650. The van der Waals surface area contributed by atoms with Crippen molar-refractivity contribution in [2.75, 3.05) is 39.3 Å². The number of nitrogens with zero attached hydrogens (tertiary/aromatic N) is 2. The maximum absolute atomic E-state index is 13.0. The highest BCUT2D eigenvalue weighted by atomic mass is 32.2. The fraction of sp³-hybridized carbons (Fsp3) is 0.429. The van der Waals surface area contributed by atoms with E-state index in [2.05, 4.69) is 10.6 Å².